The number of amides is 1. The zero-order valence-corrected chi connectivity index (χ0v) is 13.6. The summed E-state index contributed by atoms with van der Waals surface area (Å²) in [5.41, 5.74) is 1.03. The molecule has 0 aliphatic carbocycles. The van der Waals surface area contributed by atoms with Gasteiger partial charge in [-0.2, -0.15) is 0 Å². The molecule has 1 N–H and O–H groups in total. The second-order valence-corrected chi connectivity index (χ2v) is 6.80. The van der Waals surface area contributed by atoms with Gasteiger partial charge in [-0.3, -0.25) is 4.79 Å². The van der Waals surface area contributed by atoms with Gasteiger partial charge in [0.1, 0.15) is 5.69 Å². The van der Waals surface area contributed by atoms with E-state index in [-0.39, 0.29) is 11.4 Å². The molecule has 116 valence electrons. The van der Waals surface area contributed by atoms with Crippen LogP contribution < -0.4 is 10.2 Å². The molecule has 1 saturated heterocycles. The molecule has 5 heteroatoms. The topological polar surface area (TPSA) is 58.1 Å². The Labute approximate surface area is 127 Å². The number of hydrogen-bond donors (Lipinski definition) is 1. The second kappa shape index (κ2) is 6.41. The Morgan fingerprint density at radius 1 is 1.14 bits per heavy atom. The van der Waals surface area contributed by atoms with Crippen LogP contribution in [0.4, 0.5) is 5.95 Å². The highest BCUT2D eigenvalue weighted by molar-refractivity contribution is 5.93. The maximum atomic E-state index is 12.3. The predicted octanol–water partition coefficient (Wildman–Crippen LogP) is 2.69. The summed E-state index contributed by atoms with van der Waals surface area (Å²) in [5.74, 6) is 0.556. The fourth-order valence-corrected chi connectivity index (χ4v) is 2.49. The average Bonchev–Trinajstić information content (AvgIpc) is 2.64. The van der Waals surface area contributed by atoms with Crippen LogP contribution >= 0.6 is 0 Å². The molecular formula is C16H26N4O. The average molecular weight is 290 g/mol. The highest BCUT2D eigenvalue weighted by Crippen LogP contribution is 2.17. The van der Waals surface area contributed by atoms with Crippen molar-refractivity contribution in [1.29, 1.82) is 0 Å². The van der Waals surface area contributed by atoms with Crippen molar-refractivity contribution in [3.05, 3.63) is 17.5 Å². The highest BCUT2D eigenvalue weighted by Gasteiger charge is 2.19. The highest BCUT2D eigenvalue weighted by atomic mass is 16.2. The minimum absolute atomic E-state index is 0.135. The lowest BCUT2D eigenvalue weighted by atomic mass is 10.1. The molecule has 0 saturated carbocycles. The van der Waals surface area contributed by atoms with Crippen molar-refractivity contribution in [2.75, 3.05) is 18.0 Å². The van der Waals surface area contributed by atoms with Gasteiger partial charge in [0.25, 0.3) is 5.91 Å². The van der Waals surface area contributed by atoms with Gasteiger partial charge < -0.3 is 10.2 Å². The lowest BCUT2D eigenvalue weighted by molar-refractivity contribution is 0.0914. The number of carbonyl (C=O) groups excluding carboxylic acids is 1. The zero-order chi connectivity index (χ0) is 15.5. The van der Waals surface area contributed by atoms with E-state index in [2.05, 4.69) is 20.2 Å². The molecule has 1 aromatic heterocycles. The molecule has 0 atom stereocenters. The Kier molecular flexibility index (Phi) is 4.80. The monoisotopic (exact) mass is 290 g/mol. The van der Waals surface area contributed by atoms with Crippen molar-refractivity contribution in [2.45, 2.75) is 58.9 Å². The van der Waals surface area contributed by atoms with Gasteiger partial charge in [0, 0.05) is 24.3 Å². The molecule has 0 unspecified atom stereocenters. The van der Waals surface area contributed by atoms with E-state index in [1.165, 1.54) is 25.7 Å². The largest absolute Gasteiger partial charge is 0.346 e. The molecule has 0 spiro atoms. The summed E-state index contributed by atoms with van der Waals surface area (Å²) in [6, 6.07) is 1.75. The van der Waals surface area contributed by atoms with Crippen molar-refractivity contribution in [3.63, 3.8) is 0 Å². The van der Waals surface area contributed by atoms with Crippen LogP contribution in [-0.4, -0.2) is 34.5 Å². The molecule has 0 aromatic carbocycles. The summed E-state index contributed by atoms with van der Waals surface area (Å²) in [6.07, 6.45) is 4.86. The van der Waals surface area contributed by atoms with Gasteiger partial charge in [0.2, 0.25) is 5.95 Å². The van der Waals surface area contributed by atoms with Gasteiger partial charge in [0.15, 0.2) is 0 Å². The summed E-state index contributed by atoms with van der Waals surface area (Å²) in [5, 5.41) is 2.96. The van der Waals surface area contributed by atoms with Gasteiger partial charge >= 0.3 is 0 Å². The van der Waals surface area contributed by atoms with E-state index in [0.717, 1.165) is 18.8 Å². The van der Waals surface area contributed by atoms with E-state index < -0.39 is 0 Å². The normalized spacial score (nSPS) is 16.5. The first-order chi connectivity index (χ1) is 9.85. The minimum atomic E-state index is -0.265. The van der Waals surface area contributed by atoms with Crippen molar-refractivity contribution in [1.82, 2.24) is 15.3 Å². The number of aromatic nitrogens is 2. The van der Waals surface area contributed by atoms with E-state index >= 15 is 0 Å². The quantitative estimate of drug-likeness (QED) is 0.910. The molecule has 21 heavy (non-hydrogen) atoms. The number of aryl methyl sites for hydroxylation is 1. The van der Waals surface area contributed by atoms with Gasteiger partial charge in [-0.15, -0.1) is 0 Å². The molecule has 2 heterocycles. The first-order valence-electron chi connectivity index (χ1n) is 7.78. The molecule has 1 aliphatic heterocycles. The number of anilines is 1. The fourth-order valence-electron chi connectivity index (χ4n) is 2.49. The molecule has 1 amide bonds. The summed E-state index contributed by atoms with van der Waals surface area (Å²) in [4.78, 5) is 23.5. The fraction of sp³-hybridized carbons (Fsp3) is 0.688. The lowest BCUT2D eigenvalue weighted by Gasteiger charge is -2.23. The van der Waals surface area contributed by atoms with E-state index in [4.69, 9.17) is 0 Å². The predicted molar refractivity (Wildman–Crippen MR) is 84.7 cm³/mol. The Balaban J connectivity index is 2.22. The third-order valence-corrected chi connectivity index (χ3v) is 3.45. The molecule has 1 aliphatic rings. The molecule has 1 fully saturated rings. The van der Waals surface area contributed by atoms with Crippen LogP contribution in [0.15, 0.2) is 6.07 Å². The van der Waals surface area contributed by atoms with Crippen LogP contribution in [0.25, 0.3) is 0 Å². The van der Waals surface area contributed by atoms with Gasteiger partial charge in [-0.05, 0) is 46.6 Å². The van der Waals surface area contributed by atoms with E-state index in [1.807, 2.05) is 27.7 Å². The Bertz CT molecular complexity index is 499. The number of hydrogen-bond acceptors (Lipinski definition) is 4. The van der Waals surface area contributed by atoms with E-state index in [1.54, 1.807) is 6.07 Å². The van der Waals surface area contributed by atoms with Crippen molar-refractivity contribution in [3.8, 4) is 0 Å². The molecule has 0 radical (unpaired) electrons. The molecule has 0 bridgehead atoms. The summed E-state index contributed by atoms with van der Waals surface area (Å²) in [7, 11) is 0. The van der Waals surface area contributed by atoms with E-state index in [9.17, 15) is 4.79 Å². The number of nitrogens with one attached hydrogen (secondary N) is 1. The van der Waals surface area contributed by atoms with Crippen molar-refractivity contribution >= 4 is 11.9 Å². The Morgan fingerprint density at radius 3 is 2.33 bits per heavy atom. The summed E-state index contributed by atoms with van der Waals surface area (Å²) >= 11 is 0. The second-order valence-electron chi connectivity index (χ2n) is 6.80. The van der Waals surface area contributed by atoms with Gasteiger partial charge in [-0.25, -0.2) is 9.97 Å². The minimum Gasteiger partial charge on any atom is -0.346 e. The standard InChI is InChI=1S/C16H26N4O/c1-12-11-13(14(21)19-16(2,3)4)18-15(17-12)20-9-7-5-6-8-10-20/h11H,5-10H2,1-4H3,(H,19,21). The summed E-state index contributed by atoms with van der Waals surface area (Å²) in [6.45, 7) is 9.77. The van der Waals surface area contributed by atoms with E-state index in [0.29, 0.717) is 11.6 Å². The van der Waals surface area contributed by atoms with Crippen LogP contribution in [0.2, 0.25) is 0 Å². The molecule has 1 aromatic rings. The number of nitrogens with zero attached hydrogens (tertiary/aromatic N) is 3. The zero-order valence-electron chi connectivity index (χ0n) is 13.6. The third kappa shape index (κ3) is 4.69. The number of rotatable bonds is 2. The maximum Gasteiger partial charge on any atom is 0.270 e. The van der Waals surface area contributed by atoms with Crippen LogP contribution in [-0.2, 0) is 0 Å². The Hall–Kier alpha value is -1.65. The Morgan fingerprint density at radius 2 is 1.76 bits per heavy atom. The van der Waals surface area contributed by atoms with Crippen LogP contribution in [0.5, 0.6) is 0 Å². The third-order valence-electron chi connectivity index (χ3n) is 3.45. The summed E-state index contributed by atoms with van der Waals surface area (Å²) < 4.78 is 0. The van der Waals surface area contributed by atoms with Crippen LogP contribution in [0.3, 0.4) is 0 Å². The van der Waals surface area contributed by atoms with Gasteiger partial charge in [-0.1, -0.05) is 12.8 Å². The van der Waals surface area contributed by atoms with Crippen molar-refractivity contribution < 1.29 is 4.79 Å². The van der Waals surface area contributed by atoms with Gasteiger partial charge in [0.05, 0.1) is 0 Å². The SMILES string of the molecule is Cc1cc(C(=O)NC(C)(C)C)nc(N2CCCCCC2)n1. The number of carbonyl (C=O) groups is 1. The van der Waals surface area contributed by atoms with Crippen molar-refractivity contribution in [2.24, 2.45) is 0 Å². The first-order valence-corrected chi connectivity index (χ1v) is 7.78. The smallest absolute Gasteiger partial charge is 0.270 e. The first kappa shape index (κ1) is 15.7. The molecular weight excluding hydrogens is 264 g/mol. The van der Waals surface area contributed by atoms with Crippen LogP contribution in [0, 0.1) is 6.92 Å². The lowest BCUT2D eigenvalue weighted by Crippen LogP contribution is -2.41. The molecule has 2 rings (SSSR count). The van der Waals surface area contributed by atoms with Crippen LogP contribution in [0.1, 0.15) is 62.6 Å². The molecule has 5 nitrogen and oxygen atoms in total. The maximum absolute atomic E-state index is 12.3.